The topological polar surface area (TPSA) is 49.4 Å². The summed E-state index contributed by atoms with van der Waals surface area (Å²) in [7, 11) is 0. The van der Waals surface area contributed by atoms with Crippen LogP contribution in [0.2, 0.25) is 0 Å². The molecule has 1 aromatic carbocycles. The molecule has 1 aliphatic carbocycles. The Morgan fingerprint density at radius 1 is 1.19 bits per heavy atom. The average molecular weight is 286 g/mol. The first-order valence-electron chi connectivity index (χ1n) is 7.86. The van der Waals surface area contributed by atoms with Crippen molar-refractivity contribution in [2.24, 2.45) is 0 Å². The van der Waals surface area contributed by atoms with E-state index in [1.807, 2.05) is 11.0 Å². The van der Waals surface area contributed by atoms with Gasteiger partial charge < -0.3 is 10.2 Å². The lowest BCUT2D eigenvalue weighted by molar-refractivity contribution is -0.132. The predicted octanol–water partition coefficient (Wildman–Crippen LogP) is 1.85. The van der Waals surface area contributed by atoms with Gasteiger partial charge in [0.2, 0.25) is 11.8 Å². The van der Waals surface area contributed by atoms with Gasteiger partial charge in [0.1, 0.15) is 0 Å². The van der Waals surface area contributed by atoms with E-state index in [4.69, 9.17) is 0 Å². The fourth-order valence-electron chi connectivity index (χ4n) is 3.41. The molecular formula is C17H22N2O2. The fourth-order valence-corrected chi connectivity index (χ4v) is 3.41. The molecule has 21 heavy (non-hydrogen) atoms. The van der Waals surface area contributed by atoms with E-state index in [0.29, 0.717) is 12.3 Å². The highest BCUT2D eigenvalue weighted by molar-refractivity contribution is 5.85. The Hall–Kier alpha value is -1.84. The predicted molar refractivity (Wildman–Crippen MR) is 80.9 cm³/mol. The van der Waals surface area contributed by atoms with Crippen LogP contribution in [0.25, 0.3) is 0 Å². The van der Waals surface area contributed by atoms with Crippen LogP contribution in [0.4, 0.5) is 0 Å². The zero-order chi connectivity index (χ0) is 14.7. The number of likely N-dealkylation sites (tertiary alicyclic amines) is 1. The third-order valence-electron chi connectivity index (χ3n) is 4.58. The highest BCUT2D eigenvalue weighted by Crippen LogP contribution is 2.34. The van der Waals surface area contributed by atoms with Crippen molar-refractivity contribution in [1.29, 1.82) is 0 Å². The second-order valence-electron chi connectivity index (χ2n) is 6.00. The molecule has 112 valence electrons. The molecule has 1 aromatic rings. The monoisotopic (exact) mass is 286 g/mol. The van der Waals surface area contributed by atoms with Gasteiger partial charge in [-0.25, -0.2) is 0 Å². The van der Waals surface area contributed by atoms with Gasteiger partial charge in [-0.05, 0) is 42.7 Å². The molecule has 4 nitrogen and oxygen atoms in total. The Kier molecular flexibility index (Phi) is 4.23. The van der Waals surface area contributed by atoms with Crippen molar-refractivity contribution >= 4 is 11.8 Å². The van der Waals surface area contributed by atoms with E-state index >= 15 is 0 Å². The molecule has 2 amide bonds. The number of amides is 2. The third kappa shape index (κ3) is 3.26. The van der Waals surface area contributed by atoms with Gasteiger partial charge >= 0.3 is 0 Å². The maximum absolute atomic E-state index is 12.0. The molecule has 1 aliphatic heterocycles. The summed E-state index contributed by atoms with van der Waals surface area (Å²) in [6.45, 7) is 1.82. The van der Waals surface area contributed by atoms with E-state index < -0.39 is 0 Å². The lowest BCUT2D eigenvalue weighted by Gasteiger charge is -2.16. The standard InChI is InChI=1S/C17H22N2O2/c20-16(18-12-17(21)19-9-3-4-10-19)11-14-8-7-13-5-1-2-6-15(13)14/h1-2,5-6,14H,3-4,7-12H2,(H,18,20). The zero-order valence-corrected chi connectivity index (χ0v) is 12.3. The Balaban J connectivity index is 1.48. The Morgan fingerprint density at radius 2 is 1.95 bits per heavy atom. The van der Waals surface area contributed by atoms with Gasteiger partial charge in [0, 0.05) is 19.5 Å². The van der Waals surface area contributed by atoms with Crippen molar-refractivity contribution in [3.05, 3.63) is 35.4 Å². The largest absolute Gasteiger partial charge is 0.347 e. The van der Waals surface area contributed by atoms with Gasteiger partial charge in [-0.3, -0.25) is 9.59 Å². The van der Waals surface area contributed by atoms with Gasteiger partial charge in [-0.15, -0.1) is 0 Å². The molecular weight excluding hydrogens is 264 g/mol. The zero-order valence-electron chi connectivity index (χ0n) is 12.3. The highest BCUT2D eigenvalue weighted by Gasteiger charge is 2.24. The first-order valence-corrected chi connectivity index (χ1v) is 7.86. The van der Waals surface area contributed by atoms with Gasteiger partial charge in [-0.1, -0.05) is 24.3 Å². The van der Waals surface area contributed by atoms with Gasteiger partial charge in [0.25, 0.3) is 0 Å². The van der Waals surface area contributed by atoms with Gasteiger partial charge in [0.15, 0.2) is 0 Å². The molecule has 3 rings (SSSR count). The lowest BCUT2D eigenvalue weighted by Crippen LogP contribution is -2.38. The number of nitrogens with zero attached hydrogens (tertiary/aromatic N) is 1. The van der Waals surface area contributed by atoms with Crippen LogP contribution < -0.4 is 5.32 Å². The van der Waals surface area contributed by atoms with E-state index in [9.17, 15) is 9.59 Å². The van der Waals surface area contributed by atoms with Crippen LogP contribution in [0.1, 0.15) is 42.7 Å². The Labute approximate surface area is 125 Å². The van der Waals surface area contributed by atoms with Crippen LogP contribution >= 0.6 is 0 Å². The Bertz CT molecular complexity index is 535. The lowest BCUT2D eigenvalue weighted by atomic mass is 9.97. The molecule has 0 radical (unpaired) electrons. The molecule has 0 saturated carbocycles. The molecule has 0 aromatic heterocycles. The number of hydrogen-bond donors (Lipinski definition) is 1. The fraction of sp³-hybridized carbons (Fsp3) is 0.529. The van der Waals surface area contributed by atoms with E-state index in [1.54, 1.807) is 0 Å². The molecule has 0 bridgehead atoms. The summed E-state index contributed by atoms with van der Waals surface area (Å²) in [5.41, 5.74) is 2.67. The molecule has 0 spiro atoms. The number of hydrogen-bond acceptors (Lipinski definition) is 2. The second kappa shape index (κ2) is 6.29. The summed E-state index contributed by atoms with van der Waals surface area (Å²) >= 11 is 0. The van der Waals surface area contributed by atoms with Crippen LogP contribution in [0.15, 0.2) is 24.3 Å². The van der Waals surface area contributed by atoms with Gasteiger partial charge in [0.05, 0.1) is 6.54 Å². The summed E-state index contributed by atoms with van der Waals surface area (Å²) in [5, 5.41) is 2.79. The first-order chi connectivity index (χ1) is 10.2. The minimum Gasteiger partial charge on any atom is -0.347 e. The number of nitrogens with one attached hydrogen (secondary N) is 1. The van der Waals surface area contributed by atoms with Crippen LogP contribution in [0.3, 0.4) is 0 Å². The van der Waals surface area contributed by atoms with Crippen molar-refractivity contribution in [3.63, 3.8) is 0 Å². The van der Waals surface area contributed by atoms with Crippen molar-refractivity contribution in [3.8, 4) is 0 Å². The smallest absolute Gasteiger partial charge is 0.241 e. The third-order valence-corrected chi connectivity index (χ3v) is 4.58. The average Bonchev–Trinajstić information content (AvgIpc) is 3.15. The van der Waals surface area contributed by atoms with Gasteiger partial charge in [-0.2, -0.15) is 0 Å². The maximum atomic E-state index is 12.0. The molecule has 1 unspecified atom stereocenters. The molecule has 1 saturated heterocycles. The highest BCUT2D eigenvalue weighted by atomic mass is 16.2. The summed E-state index contributed by atoms with van der Waals surface area (Å²) in [4.78, 5) is 25.8. The van der Waals surface area contributed by atoms with Crippen molar-refractivity contribution < 1.29 is 9.59 Å². The Morgan fingerprint density at radius 3 is 2.76 bits per heavy atom. The summed E-state index contributed by atoms with van der Waals surface area (Å²) < 4.78 is 0. The van der Waals surface area contributed by atoms with Crippen LogP contribution in [0, 0.1) is 0 Å². The number of carbonyl (C=O) groups excluding carboxylic acids is 2. The minimum atomic E-state index is -0.00995. The number of aryl methyl sites for hydroxylation is 1. The molecule has 1 N–H and O–H groups in total. The second-order valence-corrected chi connectivity index (χ2v) is 6.00. The maximum Gasteiger partial charge on any atom is 0.241 e. The number of benzene rings is 1. The normalized spacial score (nSPS) is 20.4. The van der Waals surface area contributed by atoms with Crippen molar-refractivity contribution in [2.75, 3.05) is 19.6 Å². The molecule has 4 heteroatoms. The van der Waals surface area contributed by atoms with E-state index in [1.165, 1.54) is 11.1 Å². The van der Waals surface area contributed by atoms with E-state index in [-0.39, 0.29) is 18.4 Å². The van der Waals surface area contributed by atoms with Crippen LogP contribution in [-0.2, 0) is 16.0 Å². The quantitative estimate of drug-likeness (QED) is 0.918. The summed E-state index contributed by atoms with van der Waals surface area (Å²) in [6.07, 6.45) is 4.75. The minimum absolute atomic E-state index is 0.00995. The number of carbonyl (C=O) groups is 2. The molecule has 1 heterocycles. The van der Waals surface area contributed by atoms with E-state index in [2.05, 4.69) is 23.5 Å². The van der Waals surface area contributed by atoms with Crippen molar-refractivity contribution in [1.82, 2.24) is 10.2 Å². The van der Waals surface area contributed by atoms with Crippen LogP contribution in [-0.4, -0.2) is 36.3 Å². The SMILES string of the molecule is O=C(CC1CCc2ccccc21)NCC(=O)N1CCCC1. The van der Waals surface area contributed by atoms with E-state index in [0.717, 1.165) is 38.8 Å². The summed E-state index contributed by atoms with van der Waals surface area (Å²) in [5.74, 6) is 0.347. The molecule has 2 aliphatic rings. The molecule has 1 fully saturated rings. The number of fused-ring (bicyclic) bond motifs is 1. The van der Waals surface area contributed by atoms with Crippen LogP contribution in [0.5, 0.6) is 0 Å². The first kappa shape index (κ1) is 14.1. The van der Waals surface area contributed by atoms with Crippen molar-refractivity contribution in [2.45, 2.75) is 38.0 Å². The molecule has 1 atom stereocenters. The number of rotatable bonds is 4. The summed E-state index contributed by atoms with van der Waals surface area (Å²) in [6, 6.07) is 8.35.